The lowest BCUT2D eigenvalue weighted by atomic mass is 10.1. The predicted octanol–water partition coefficient (Wildman–Crippen LogP) is 2.75. The lowest BCUT2D eigenvalue weighted by Gasteiger charge is -1.93. The molecule has 0 aromatic heterocycles. The Morgan fingerprint density at radius 2 is 1.40 bits per heavy atom. The van der Waals surface area contributed by atoms with Crippen LogP contribution in [-0.2, 0) is 12.8 Å². The second kappa shape index (κ2) is 3.20. The summed E-state index contributed by atoms with van der Waals surface area (Å²) in [5, 5.41) is 0. The molecule has 0 aliphatic heterocycles. The van der Waals surface area contributed by atoms with Gasteiger partial charge in [0.2, 0.25) is 0 Å². The van der Waals surface area contributed by atoms with Gasteiger partial charge in [0.05, 0.1) is 0 Å². The molecule has 0 nitrogen and oxygen atoms in total. The zero-order valence-electron chi connectivity index (χ0n) is 5.84. The van der Waals surface area contributed by atoms with Crippen LogP contribution in [0.5, 0.6) is 0 Å². The van der Waals surface area contributed by atoms with Crippen LogP contribution in [0.2, 0.25) is 0 Å². The molecule has 0 fully saturated rings. The van der Waals surface area contributed by atoms with Crippen LogP contribution >= 0.6 is 17.0 Å². The van der Waals surface area contributed by atoms with Gasteiger partial charge in [-0.3, -0.25) is 0 Å². The predicted molar refractivity (Wildman–Crippen MR) is 48.8 cm³/mol. The number of rotatable bonds is 0. The van der Waals surface area contributed by atoms with Crippen molar-refractivity contribution in [3.63, 3.8) is 0 Å². The number of fused-ring (bicyclic) bond motifs is 1. The van der Waals surface area contributed by atoms with Crippen LogP contribution in [0.25, 0.3) is 0 Å². The van der Waals surface area contributed by atoms with Crippen molar-refractivity contribution in [1.29, 1.82) is 0 Å². The van der Waals surface area contributed by atoms with Crippen molar-refractivity contribution in [2.24, 2.45) is 0 Å². The summed E-state index contributed by atoms with van der Waals surface area (Å²) in [5.41, 5.74) is 3.13. The molecule has 1 aliphatic carbocycles. The molecule has 0 unspecified atom stereocenters. The monoisotopic (exact) mass is 198 g/mol. The summed E-state index contributed by atoms with van der Waals surface area (Å²) in [4.78, 5) is 0. The van der Waals surface area contributed by atoms with Crippen molar-refractivity contribution in [2.45, 2.75) is 19.3 Å². The number of halogens is 1. The molecule has 0 heterocycles. The van der Waals surface area contributed by atoms with Gasteiger partial charge in [0.1, 0.15) is 0 Å². The van der Waals surface area contributed by atoms with Gasteiger partial charge >= 0.3 is 0 Å². The Bertz CT molecular complexity index is 195. The maximum atomic E-state index is 2.24. The van der Waals surface area contributed by atoms with Crippen molar-refractivity contribution < 1.29 is 0 Å². The third-order valence-electron chi connectivity index (χ3n) is 2.01. The fraction of sp³-hybridized carbons (Fsp3) is 0.333. The minimum Gasteiger partial charge on any atom is -0.114 e. The van der Waals surface area contributed by atoms with E-state index >= 15 is 0 Å². The number of hydrogen-bond acceptors (Lipinski definition) is 0. The van der Waals surface area contributed by atoms with Gasteiger partial charge in [0, 0.05) is 0 Å². The van der Waals surface area contributed by atoms with E-state index in [1.807, 2.05) is 0 Å². The lowest BCUT2D eigenvalue weighted by Crippen LogP contribution is -1.77. The Morgan fingerprint density at radius 3 is 1.90 bits per heavy atom. The average Bonchev–Trinajstić information content (AvgIpc) is 2.33. The summed E-state index contributed by atoms with van der Waals surface area (Å²) < 4.78 is 0. The van der Waals surface area contributed by atoms with E-state index in [0.29, 0.717) is 0 Å². The molecule has 0 amide bonds. The lowest BCUT2D eigenvalue weighted by molar-refractivity contribution is 0.912. The van der Waals surface area contributed by atoms with Crippen LogP contribution in [-0.4, -0.2) is 0 Å². The number of benzene rings is 1. The van der Waals surface area contributed by atoms with Gasteiger partial charge in [0.15, 0.2) is 0 Å². The molecular weight excluding hydrogens is 188 g/mol. The fourth-order valence-corrected chi connectivity index (χ4v) is 1.51. The van der Waals surface area contributed by atoms with E-state index < -0.39 is 0 Å². The van der Waals surface area contributed by atoms with Gasteiger partial charge in [-0.1, -0.05) is 24.3 Å². The Balaban J connectivity index is 0.000000500. The highest BCUT2D eigenvalue weighted by molar-refractivity contribution is 8.93. The largest absolute Gasteiger partial charge is 0.114 e. The van der Waals surface area contributed by atoms with Crippen LogP contribution in [0.15, 0.2) is 24.3 Å². The van der Waals surface area contributed by atoms with Crippen LogP contribution < -0.4 is 0 Å². The van der Waals surface area contributed by atoms with Crippen LogP contribution in [0.3, 0.4) is 0 Å². The highest BCUT2D eigenvalue weighted by Gasteiger charge is 2.07. The molecule has 54 valence electrons. The normalized spacial score (nSPS) is 14.0. The third-order valence-corrected chi connectivity index (χ3v) is 2.01. The van der Waals surface area contributed by atoms with Crippen molar-refractivity contribution >= 4 is 17.0 Å². The summed E-state index contributed by atoms with van der Waals surface area (Å²) in [5.74, 6) is 0. The van der Waals surface area contributed by atoms with Crippen molar-refractivity contribution in [3.05, 3.63) is 35.4 Å². The summed E-state index contributed by atoms with van der Waals surface area (Å²) in [6, 6.07) is 8.74. The van der Waals surface area contributed by atoms with Gasteiger partial charge in [-0.2, -0.15) is 0 Å². The maximum Gasteiger partial charge on any atom is -0.0273 e. The first-order valence-corrected chi connectivity index (χ1v) is 3.53. The molecule has 0 N–H and O–H groups in total. The minimum absolute atomic E-state index is 0. The van der Waals surface area contributed by atoms with Crippen molar-refractivity contribution in [3.8, 4) is 0 Å². The SMILES string of the molecule is Br.c1ccc2c(c1)CCC2. The second-order valence-corrected chi connectivity index (χ2v) is 2.62. The van der Waals surface area contributed by atoms with E-state index in [0.717, 1.165) is 0 Å². The Morgan fingerprint density at radius 1 is 0.900 bits per heavy atom. The minimum atomic E-state index is 0. The Kier molecular flexibility index (Phi) is 2.50. The van der Waals surface area contributed by atoms with E-state index in [1.165, 1.54) is 19.3 Å². The van der Waals surface area contributed by atoms with Crippen LogP contribution in [0, 0.1) is 0 Å². The summed E-state index contributed by atoms with van der Waals surface area (Å²) in [7, 11) is 0. The molecule has 1 heteroatoms. The molecule has 10 heavy (non-hydrogen) atoms. The molecule has 0 atom stereocenters. The van der Waals surface area contributed by atoms with Crippen molar-refractivity contribution in [2.75, 3.05) is 0 Å². The molecular formula is C9H11Br. The standard InChI is InChI=1S/C9H10.BrH/c1-2-5-9-7-3-6-8(9)4-1;/h1-2,4-5H,3,6-7H2;1H. The van der Waals surface area contributed by atoms with Crippen molar-refractivity contribution in [1.82, 2.24) is 0 Å². The molecule has 0 saturated carbocycles. The summed E-state index contributed by atoms with van der Waals surface area (Å²) in [6.07, 6.45) is 3.96. The van der Waals surface area contributed by atoms with E-state index in [2.05, 4.69) is 24.3 Å². The quantitative estimate of drug-likeness (QED) is 0.602. The molecule has 0 bridgehead atoms. The maximum absolute atomic E-state index is 2.24. The van der Waals surface area contributed by atoms with Gasteiger partial charge in [-0.25, -0.2) is 0 Å². The van der Waals surface area contributed by atoms with Gasteiger partial charge in [0.25, 0.3) is 0 Å². The zero-order chi connectivity index (χ0) is 6.10. The molecule has 0 spiro atoms. The van der Waals surface area contributed by atoms with E-state index in [-0.39, 0.29) is 17.0 Å². The first-order valence-electron chi connectivity index (χ1n) is 3.53. The van der Waals surface area contributed by atoms with E-state index in [9.17, 15) is 0 Å². The second-order valence-electron chi connectivity index (χ2n) is 2.62. The van der Waals surface area contributed by atoms with Gasteiger partial charge in [-0.05, 0) is 30.4 Å². The Labute approximate surface area is 72.0 Å². The topological polar surface area (TPSA) is 0 Å². The first kappa shape index (κ1) is 7.80. The summed E-state index contributed by atoms with van der Waals surface area (Å²) in [6.45, 7) is 0. The first-order chi connectivity index (χ1) is 4.47. The highest BCUT2D eigenvalue weighted by atomic mass is 79.9. The average molecular weight is 199 g/mol. The van der Waals surface area contributed by atoms with E-state index in [1.54, 1.807) is 11.1 Å². The number of aryl methyl sites for hydroxylation is 2. The molecule has 1 aliphatic rings. The Hall–Kier alpha value is -0.300. The highest BCUT2D eigenvalue weighted by Crippen LogP contribution is 2.20. The van der Waals surface area contributed by atoms with Gasteiger partial charge < -0.3 is 0 Å². The molecule has 2 rings (SSSR count). The number of hydrogen-bond donors (Lipinski definition) is 0. The summed E-state index contributed by atoms with van der Waals surface area (Å²) >= 11 is 0. The van der Waals surface area contributed by atoms with Crippen LogP contribution in [0.1, 0.15) is 17.5 Å². The molecule has 0 radical (unpaired) electrons. The fourth-order valence-electron chi connectivity index (χ4n) is 1.51. The zero-order valence-corrected chi connectivity index (χ0v) is 7.55. The van der Waals surface area contributed by atoms with Gasteiger partial charge in [-0.15, -0.1) is 17.0 Å². The molecule has 1 aromatic carbocycles. The molecule has 1 aromatic rings. The smallest absolute Gasteiger partial charge is 0.0273 e. The van der Waals surface area contributed by atoms with E-state index in [4.69, 9.17) is 0 Å². The van der Waals surface area contributed by atoms with Crippen LogP contribution in [0.4, 0.5) is 0 Å². The third kappa shape index (κ3) is 1.24. The molecule has 0 saturated heterocycles.